The van der Waals surface area contributed by atoms with Gasteiger partial charge in [-0.15, -0.1) is 5.10 Å². The second-order valence-electron chi connectivity index (χ2n) is 3.24. The Labute approximate surface area is 95.0 Å². The topological polar surface area (TPSA) is 30.7 Å². The average molecular weight is 270 g/mol. The summed E-state index contributed by atoms with van der Waals surface area (Å²) < 4.78 is 14.9. The summed E-state index contributed by atoms with van der Waals surface area (Å²) in [5, 5.41) is 8.35. The first kappa shape index (κ1) is 10.3. The molecule has 2 aromatic rings. The number of hydrogen-bond donors (Lipinski definition) is 0. The second-order valence-corrected chi connectivity index (χ2v) is 3.80. The van der Waals surface area contributed by atoms with Crippen molar-refractivity contribution in [3.8, 4) is 5.69 Å². The highest BCUT2D eigenvalue weighted by molar-refractivity contribution is 9.08. The van der Waals surface area contributed by atoms with Crippen LogP contribution in [0, 0.1) is 12.7 Å². The number of aryl methyl sites for hydroxylation is 1. The Balaban J connectivity index is 2.48. The van der Waals surface area contributed by atoms with E-state index in [1.807, 2.05) is 6.92 Å². The van der Waals surface area contributed by atoms with Crippen LogP contribution in [0.3, 0.4) is 0 Å². The van der Waals surface area contributed by atoms with Gasteiger partial charge in [-0.05, 0) is 24.6 Å². The molecule has 0 unspecified atom stereocenters. The van der Waals surface area contributed by atoms with Crippen molar-refractivity contribution in [3.63, 3.8) is 0 Å². The molecule has 2 rings (SSSR count). The molecule has 1 heterocycles. The summed E-state index contributed by atoms with van der Waals surface area (Å²) in [5.74, 6) is -0.299. The van der Waals surface area contributed by atoms with Crippen LogP contribution in [-0.2, 0) is 5.33 Å². The molecule has 5 heteroatoms. The van der Waals surface area contributed by atoms with Crippen LogP contribution in [0.2, 0.25) is 0 Å². The summed E-state index contributed by atoms with van der Waals surface area (Å²) in [6, 6.07) is 4.89. The molecule has 0 saturated carbocycles. The quantitative estimate of drug-likeness (QED) is 0.785. The van der Waals surface area contributed by atoms with E-state index in [1.165, 1.54) is 10.7 Å². The fraction of sp³-hybridized carbons (Fsp3) is 0.200. The zero-order valence-corrected chi connectivity index (χ0v) is 9.70. The third-order valence-electron chi connectivity index (χ3n) is 2.03. The van der Waals surface area contributed by atoms with Crippen LogP contribution in [0.5, 0.6) is 0 Å². The van der Waals surface area contributed by atoms with Crippen LogP contribution in [0.15, 0.2) is 24.4 Å². The molecular weight excluding hydrogens is 261 g/mol. The van der Waals surface area contributed by atoms with E-state index in [-0.39, 0.29) is 5.82 Å². The van der Waals surface area contributed by atoms with Crippen molar-refractivity contribution >= 4 is 15.9 Å². The van der Waals surface area contributed by atoms with Gasteiger partial charge >= 0.3 is 0 Å². The van der Waals surface area contributed by atoms with Crippen molar-refractivity contribution in [2.75, 3.05) is 0 Å². The molecule has 0 aliphatic carbocycles. The van der Waals surface area contributed by atoms with Gasteiger partial charge in [0.1, 0.15) is 11.5 Å². The number of benzene rings is 1. The fourth-order valence-electron chi connectivity index (χ4n) is 1.28. The first-order valence-electron chi connectivity index (χ1n) is 4.44. The van der Waals surface area contributed by atoms with Gasteiger partial charge in [0.25, 0.3) is 0 Å². The molecule has 3 nitrogen and oxygen atoms in total. The first-order chi connectivity index (χ1) is 7.20. The van der Waals surface area contributed by atoms with Gasteiger partial charge in [0.2, 0.25) is 0 Å². The van der Waals surface area contributed by atoms with Crippen molar-refractivity contribution in [2.24, 2.45) is 0 Å². The number of alkyl halides is 1. The predicted octanol–water partition coefficient (Wildman–Crippen LogP) is 2.61. The summed E-state index contributed by atoms with van der Waals surface area (Å²) in [5.41, 5.74) is 2.19. The van der Waals surface area contributed by atoms with E-state index in [0.29, 0.717) is 11.0 Å². The standard InChI is InChI=1S/C10H9BrFN3/c1-7-2-3-9(12)10(4-7)15-6-8(5-11)13-14-15/h2-4,6H,5H2,1H3. The van der Waals surface area contributed by atoms with Gasteiger partial charge in [0.05, 0.1) is 11.9 Å². The number of rotatable bonds is 2. The lowest BCUT2D eigenvalue weighted by Gasteiger charge is -2.02. The molecule has 0 bridgehead atoms. The van der Waals surface area contributed by atoms with Crippen LogP contribution >= 0.6 is 15.9 Å². The molecule has 0 atom stereocenters. The number of halogens is 2. The van der Waals surface area contributed by atoms with Crippen LogP contribution in [-0.4, -0.2) is 15.0 Å². The maximum atomic E-state index is 13.5. The van der Waals surface area contributed by atoms with Crippen LogP contribution < -0.4 is 0 Å². The van der Waals surface area contributed by atoms with E-state index in [4.69, 9.17) is 0 Å². The Morgan fingerprint density at radius 3 is 2.93 bits per heavy atom. The van der Waals surface area contributed by atoms with Gasteiger partial charge in [-0.2, -0.15) is 0 Å². The summed E-state index contributed by atoms with van der Waals surface area (Å²) in [6.45, 7) is 1.91. The van der Waals surface area contributed by atoms with Crippen molar-refractivity contribution < 1.29 is 4.39 Å². The first-order valence-corrected chi connectivity index (χ1v) is 5.56. The maximum absolute atomic E-state index is 13.5. The number of aromatic nitrogens is 3. The van der Waals surface area contributed by atoms with E-state index >= 15 is 0 Å². The molecule has 1 aromatic carbocycles. The fourth-order valence-corrected chi connectivity index (χ4v) is 1.53. The third-order valence-corrected chi connectivity index (χ3v) is 2.60. The summed E-state index contributed by atoms with van der Waals surface area (Å²) >= 11 is 3.27. The lowest BCUT2D eigenvalue weighted by Crippen LogP contribution is -1.98. The molecule has 0 fully saturated rings. The molecule has 15 heavy (non-hydrogen) atoms. The molecule has 0 spiro atoms. The summed E-state index contributed by atoms with van der Waals surface area (Å²) in [4.78, 5) is 0. The molecule has 0 N–H and O–H groups in total. The molecule has 78 valence electrons. The van der Waals surface area contributed by atoms with E-state index in [9.17, 15) is 4.39 Å². The number of hydrogen-bond acceptors (Lipinski definition) is 2. The van der Waals surface area contributed by atoms with Gasteiger partial charge in [-0.25, -0.2) is 9.07 Å². The molecular formula is C10H9BrFN3. The highest BCUT2D eigenvalue weighted by Crippen LogP contribution is 2.14. The Morgan fingerprint density at radius 1 is 1.47 bits per heavy atom. The summed E-state index contributed by atoms with van der Waals surface area (Å²) in [6.07, 6.45) is 1.70. The van der Waals surface area contributed by atoms with E-state index in [1.54, 1.807) is 18.3 Å². The number of nitrogens with zero attached hydrogens (tertiary/aromatic N) is 3. The smallest absolute Gasteiger partial charge is 0.148 e. The maximum Gasteiger partial charge on any atom is 0.148 e. The van der Waals surface area contributed by atoms with Gasteiger partial charge in [-0.3, -0.25) is 0 Å². The van der Waals surface area contributed by atoms with Gasteiger partial charge in [0, 0.05) is 5.33 Å². The average Bonchev–Trinajstić information content (AvgIpc) is 2.70. The van der Waals surface area contributed by atoms with Crippen molar-refractivity contribution in [2.45, 2.75) is 12.3 Å². The lowest BCUT2D eigenvalue weighted by molar-refractivity contribution is 0.606. The zero-order chi connectivity index (χ0) is 10.8. The van der Waals surface area contributed by atoms with Gasteiger partial charge in [0.15, 0.2) is 0 Å². The largest absolute Gasteiger partial charge is 0.217 e. The molecule has 0 aliphatic rings. The summed E-state index contributed by atoms with van der Waals surface area (Å²) in [7, 11) is 0. The van der Waals surface area contributed by atoms with Crippen LogP contribution in [0.25, 0.3) is 5.69 Å². The zero-order valence-electron chi connectivity index (χ0n) is 8.11. The molecule has 0 amide bonds. The molecule has 0 saturated heterocycles. The Morgan fingerprint density at radius 2 is 2.27 bits per heavy atom. The Hall–Kier alpha value is -1.23. The lowest BCUT2D eigenvalue weighted by atomic mass is 10.2. The Bertz CT molecular complexity index is 481. The molecule has 0 radical (unpaired) electrons. The van der Waals surface area contributed by atoms with Crippen LogP contribution in [0.1, 0.15) is 11.3 Å². The normalized spacial score (nSPS) is 10.6. The van der Waals surface area contributed by atoms with Gasteiger partial charge in [-0.1, -0.05) is 27.2 Å². The highest BCUT2D eigenvalue weighted by atomic mass is 79.9. The minimum Gasteiger partial charge on any atom is -0.217 e. The predicted molar refractivity (Wildman–Crippen MR) is 58.7 cm³/mol. The SMILES string of the molecule is Cc1ccc(F)c(-n2cc(CBr)nn2)c1. The van der Waals surface area contributed by atoms with Gasteiger partial charge < -0.3 is 0 Å². The molecule has 0 aliphatic heterocycles. The monoisotopic (exact) mass is 269 g/mol. The van der Waals surface area contributed by atoms with Crippen LogP contribution in [0.4, 0.5) is 4.39 Å². The Kier molecular flexibility index (Phi) is 2.81. The second kappa shape index (κ2) is 4.10. The van der Waals surface area contributed by atoms with E-state index in [2.05, 4.69) is 26.2 Å². The van der Waals surface area contributed by atoms with Crippen molar-refractivity contribution in [3.05, 3.63) is 41.5 Å². The highest BCUT2D eigenvalue weighted by Gasteiger charge is 2.07. The minimum atomic E-state index is -0.299. The third kappa shape index (κ3) is 2.07. The minimum absolute atomic E-state index is 0.299. The molecule has 1 aromatic heterocycles. The van der Waals surface area contributed by atoms with E-state index < -0.39 is 0 Å². The van der Waals surface area contributed by atoms with Crippen molar-refractivity contribution in [1.29, 1.82) is 0 Å². The van der Waals surface area contributed by atoms with E-state index in [0.717, 1.165) is 11.3 Å². The van der Waals surface area contributed by atoms with Crippen molar-refractivity contribution in [1.82, 2.24) is 15.0 Å².